The molecule has 94 valence electrons. The number of amides is 1. The maximum Gasteiger partial charge on any atom is 0.220 e. The molecule has 4 nitrogen and oxygen atoms in total. The summed E-state index contributed by atoms with van der Waals surface area (Å²) in [7, 11) is 0. The van der Waals surface area contributed by atoms with Crippen molar-refractivity contribution in [1.29, 1.82) is 0 Å². The number of rotatable bonds is 2. The van der Waals surface area contributed by atoms with Crippen molar-refractivity contribution in [3.05, 3.63) is 30.1 Å². The summed E-state index contributed by atoms with van der Waals surface area (Å²) in [4.78, 5) is 18.7. The van der Waals surface area contributed by atoms with Crippen molar-refractivity contribution in [3.63, 3.8) is 0 Å². The van der Waals surface area contributed by atoms with Crippen LogP contribution in [0.25, 0.3) is 11.0 Å². The molecule has 4 heteroatoms. The van der Waals surface area contributed by atoms with Crippen LogP contribution in [0.15, 0.2) is 24.5 Å². The molecule has 2 aromatic heterocycles. The summed E-state index contributed by atoms with van der Waals surface area (Å²) in [6.45, 7) is 0. The van der Waals surface area contributed by atoms with Crippen LogP contribution in [0.5, 0.6) is 0 Å². The summed E-state index contributed by atoms with van der Waals surface area (Å²) in [5.74, 6) is 0.456. The first kappa shape index (κ1) is 11.3. The number of H-pyrrole nitrogens is 1. The number of fused-ring (bicyclic) bond motifs is 1. The molecule has 2 heterocycles. The normalized spacial score (nSPS) is 24.2. The highest BCUT2D eigenvalue weighted by atomic mass is 16.1. The number of aromatic nitrogens is 2. The average molecular weight is 243 g/mol. The van der Waals surface area contributed by atoms with Gasteiger partial charge in [0.25, 0.3) is 0 Å². The van der Waals surface area contributed by atoms with E-state index in [0.29, 0.717) is 5.92 Å². The molecule has 1 aliphatic rings. The molecule has 0 spiro atoms. The van der Waals surface area contributed by atoms with Gasteiger partial charge in [-0.3, -0.25) is 4.79 Å². The van der Waals surface area contributed by atoms with Gasteiger partial charge in [0.05, 0.1) is 0 Å². The zero-order valence-corrected chi connectivity index (χ0v) is 10.2. The van der Waals surface area contributed by atoms with E-state index in [0.717, 1.165) is 31.3 Å². The minimum absolute atomic E-state index is 0.0737. The molecular formula is C14H17N3O. The Morgan fingerprint density at radius 1 is 1.33 bits per heavy atom. The predicted octanol–water partition coefficient (Wildman–Crippen LogP) is 2.32. The van der Waals surface area contributed by atoms with Crippen LogP contribution in [0.1, 0.15) is 37.2 Å². The van der Waals surface area contributed by atoms with Crippen LogP contribution in [-0.4, -0.2) is 15.9 Å². The number of primary amides is 1. The summed E-state index contributed by atoms with van der Waals surface area (Å²) in [6, 6.07) is 4.07. The fraction of sp³-hybridized carbons (Fsp3) is 0.429. The summed E-state index contributed by atoms with van der Waals surface area (Å²) in [5, 5.41) is 1.21. The minimum atomic E-state index is -0.144. The van der Waals surface area contributed by atoms with Gasteiger partial charge in [0.15, 0.2) is 0 Å². The Morgan fingerprint density at radius 2 is 2.11 bits per heavy atom. The Hall–Kier alpha value is -1.84. The quantitative estimate of drug-likeness (QED) is 0.849. The second kappa shape index (κ2) is 4.44. The van der Waals surface area contributed by atoms with E-state index in [1.807, 2.05) is 6.07 Å². The van der Waals surface area contributed by atoms with Gasteiger partial charge in [-0.2, -0.15) is 0 Å². The Kier molecular flexibility index (Phi) is 2.78. The number of hydrogen-bond acceptors (Lipinski definition) is 2. The van der Waals surface area contributed by atoms with Crippen LogP contribution < -0.4 is 5.73 Å². The van der Waals surface area contributed by atoms with E-state index in [1.165, 1.54) is 10.9 Å². The van der Waals surface area contributed by atoms with Crippen molar-refractivity contribution in [2.45, 2.75) is 31.6 Å². The molecule has 3 N–H and O–H groups in total. The Bertz CT molecular complexity index is 567. The van der Waals surface area contributed by atoms with E-state index in [1.54, 1.807) is 6.20 Å². The minimum Gasteiger partial charge on any atom is -0.369 e. The number of carbonyl (C=O) groups excluding carboxylic acids is 1. The lowest BCUT2D eigenvalue weighted by atomic mass is 9.78. The summed E-state index contributed by atoms with van der Waals surface area (Å²) >= 11 is 0. The number of hydrogen-bond donors (Lipinski definition) is 2. The van der Waals surface area contributed by atoms with E-state index in [2.05, 4.69) is 22.2 Å². The first-order valence-corrected chi connectivity index (χ1v) is 6.47. The zero-order chi connectivity index (χ0) is 12.5. The van der Waals surface area contributed by atoms with Gasteiger partial charge in [0, 0.05) is 23.7 Å². The maximum atomic E-state index is 11.2. The van der Waals surface area contributed by atoms with Crippen molar-refractivity contribution in [3.8, 4) is 0 Å². The molecule has 0 saturated heterocycles. The van der Waals surface area contributed by atoms with E-state index in [9.17, 15) is 4.79 Å². The second-order valence-corrected chi connectivity index (χ2v) is 5.09. The fourth-order valence-corrected chi connectivity index (χ4v) is 3.00. The van der Waals surface area contributed by atoms with Gasteiger partial charge in [-0.15, -0.1) is 0 Å². The predicted molar refractivity (Wildman–Crippen MR) is 70.0 cm³/mol. The highest BCUT2D eigenvalue weighted by Crippen LogP contribution is 2.38. The Labute approximate surface area is 106 Å². The number of carbonyl (C=O) groups is 1. The van der Waals surface area contributed by atoms with E-state index < -0.39 is 0 Å². The van der Waals surface area contributed by atoms with Crippen LogP contribution in [0.3, 0.4) is 0 Å². The number of pyridine rings is 1. The van der Waals surface area contributed by atoms with Gasteiger partial charge in [0.2, 0.25) is 5.91 Å². The van der Waals surface area contributed by atoms with Crippen molar-refractivity contribution in [1.82, 2.24) is 9.97 Å². The van der Waals surface area contributed by atoms with Crippen molar-refractivity contribution >= 4 is 16.9 Å². The first-order valence-electron chi connectivity index (χ1n) is 6.47. The highest BCUT2D eigenvalue weighted by Gasteiger charge is 2.26. The number of nitrogens with two attached hydrogens (primary N) is 1. The van der Waals surface area contributed by atoms with Crippen molar-refractivity contribution < 1.29 is 4.79 Å². The maximum absolute atomic E-state index is 11.2. The van der Waals surface area contributed by atoms with Crippen LogP contribution >= 0.6 is 0 Å². The van der Waals surface area contributed by atoms with Crippen LogP contribution in [0.2, 0.25) is 0 Å². The highest BCUT2D eigenvalue weighted by molar-refractivity contribution is 5.80. The van der Waals surface area contributed by atoms with E-state index in [4.69, 9.17) is 5.73 Å². The van der Waals surface area contributed by atoms with Gasteiger partial charge in [0.1, 0.15) is 5.65 Å². The topological polar surface area (TPSA) is 71.8 Å². The molecule has 0 bridgehead atoms. The van der Waals surface area contributed by atoms with E-state index >= 15 is 0 Å². The van der Waals surface area contributed by atoms with Crippen molar-refractivity contribution in [2.75, 3.05) is 0 Å². The molecule has 0 unspecified atom stereocenters. The lowest BCUT2D eigenvalue weighted by Gasteiger charge is -2.26. The van der Waals surface area contributed by atoms with E-state index in [-0.39, 0.29) is 11.8 Å². The molecule has 1 fully saturated rings. The number of aromatic amines is 1. The molecule has 1 amide bonds. The van der Waals surface area contributed by atoms with Gasteiger partial charge >= 0.3 is 0 Å². The SMILES string of the molecule is NC(=O)[C@H]1CC[C@H](c2c[nH]c3ncccc32)CC1. The van der Waals surface area contributed by atoms with Gasteiger partial charge in [-0.05, 0) is 49.3 Å². The summed E-state index contributed by atoms with van der Waals surface area (Å²) < 4.78 is 0. The van der Waals surface area contributed by atoms with Crippen LogP contribution in [-0.2, 0) is 4.79 Å². The average Bonchev–Trinajstić information content (AvgIpc) is 2.82. The Balaban J connectivity index is 1.82. The molecule has 0 aromatic carbocycles. The Morgan fingerprint density at radius 3 is 2.83 bits per heavy atom. The molecule has 0 atom stereocenters. The molecule has 0 radical (unpaired) electrons. The molecule has 0 aliphatic heterocycles. The third kappa shape index (κ3) is 1.88. The third-order valence-electron chi connectivity index (χ3n) is 4.05. The summed E-state index contributed by atoms with van der Waals surface area (Å²) in [6.07, 6.45) is 7.75. The monoisotopic (exact) mass is 243 g/mol. The largest absolute Gasteiger partial charge is 0.369 e. The molecule has 3 rings (SSSR count). The van der Waals surface area contributed by atoms with Gasteiger partial charge < -0.3 is 10.7 Å². The third-order valence-corrected chi connectivity index (χ3v) is 4.05. The summed E-state index contributed by atoms with van der Waals surface area (Å²) in [5.41, 5.74) is 7.65. The lowest BCUT2D eigenvalue weighted by Crippen LogP contribution is -2.27. The molecule has 18 heavy (non-hydrogen) atoms. The zero-order valence-electron chi connectivity index (χ0n) is 10.2. The van der Waals surface area contributed by atoms with Crippen LogP contribution in [0, 0.1) is 5.92 Å². The molecule has 1 saturated carbocycles. The number of nitrogens with zero attached hydrogens (tertiary/aromatic N) is 1. The van der Waals surface area contributed by atoms with Gasteiger partial charge in [-0.1, -0.05) is 0 Å². The fourth-order valence-electron chi connectivity index (χ4n) is 3.00. The molecular weight excluding hydrogens is 226 g/mol. The molecule has 2 aromatic rings. The van der Waals surface area contributed by atoms with Gasteiger partial charge in [-0.25, -0.2) is 4.98 Å². The second-order valence-electron chi connectivity index (χ2n) is 5.09. The van der Waals surface area contributed by atoms with Crippen LogP contribution in [0.4, 0.5) is 0 Å². The molecule has 1 aliphatic carbocycles. The number of nitrogens with one attached hydrogen (secondary N) is 1. The first-order chi connectivity index (χ1) is 8.75. The standard InChI is InChI=1S/C14H17N3O/c15-13(18)10-5-3-9(4-6-10)12-8-17-14-11(12)2-1-7-16-14/h1-2,7-10H,3-6H2,(H2,15,18)(H,16,17)/t9-,10-. The lowest BCUT2D eigenvalue weighted by molar-refractivity contribution is -0.122. The van der Waals surface area contributed by atoms with Crippen molar-refractivity contribution in [2.24, 2.45) is 11.7 Å². The smallest absolute Gasteiger partial charge is 0.220 e.